The molecule has 1 aromatic carbocycles. The summed E-state index contributed by atoms with van der Waals surface area (Å²) in [7, 11) is 1.69. The zero-order chi connectivity index (χ0) is 13.3. The molecule has 3 N–H and O–H groups in total. The average molecular weight is 261 g/mol. The summed E-state index contributed by atoms with van der Waals surface area (Å²) in [6.45, 7) is 2.92. The molecule has 0 bridgehead atoms. The van der Waals surface area contributed by atoms with Crippen molar-refractivity contribution in [2.24, 2.45) is 5.73 Å². The summed E-state index contributed by atoms with van der Waals surface area (Å²) in [5, 5.41) is 3.65. The van der Waals surface area contributed by atoms with Crippen LogP contribution < -0.4 is 15.8 Å². The molecule has 2 aliphatic rings. The Hall–Kier alpha value is -1.26. The van der Waals surface area contributed by atoms with Crippen LogP contribution in [0.25, 0.3) is 0 Å². The molecule has 1 saturated carbocycles. The van der Waals surface area contributed by atoms with Gasteiger partial charge >= 0.3 is 0 Å². The average Bonchev–Trinajstić information content (AvgIpc) is 3.22. The second-order valence-electron chi connectivity index (χ2n) is 5.79. The molecular weight excluding hydrogens is 238 g/mol. The number of nitrogens with zero attached hydrogens (tertiary/aromatic N) is 1. The first-order valence-electron chi connectivity index (χ1n) is 7.11. The summed E-state index contributed by atoms with van der Waals surface area (Å²) in [5.41, 5.74) is 7.21. The van der Waals surface area contributed by atoms with Crippen molar-refractivity contribution in [2.45, 2.75) is 30.8 Å². The number of rotatable bonds is 5. The minimum absolute atomic E-state index is 0.0389. The Labute approximate surface area is 114 Å². The lowest BCUT2D eigenvalue weighted by atomic mass is 9.98. The molecule has 1 unspecified atom stereocenters. The predicted octanol–water partition coefficient (Wildman–Crippen LogP) is 1.67. The zero-order valence-electron chi connectivity index (χ0n) is 11.6. The number of nitrogens with one attached hydrogen (secondary N) is 1. The fraction of sp³-hybridized carbons (Fsp3) is 0.600. The van der Waals surface area contributed by atoms with E-state index in [2.05, 4.69) is 22.3 Å². The molecule has 19 heavy (non-hydrogen) atoms. The highest BCUT2D eigenvalue weighted by Gasteiger charge is 2.42. The maximum atomic E-state index is 6.04. The molecule has 3 rings (SSSR count). The largest absolute Gasteiger partial charge is 0.497 e. The number of anilines is 1. The van der Waals surface area contributed by atoms with Gasteiger partial charge in [0.2, 0.25) is 0 Å². The molecular formula is C15H23N3O. The van der Waals surface area contributed by atoms with Crippen LogP contribution in [0.5, 0.6) is 5.75 Å². The third kappa shape index (κ3) is 2.69. The zero-order valence-corrected chi connectivity index (χ0v) is 11.6. The summed E-state index contributed by atoms with van der Waals surface area (Å²) in [6, 6.07) is 8.93. The Balaban J connectivity index is 1.68. The van der Waals surface area contributed by atoms with Gasteiger partial charge in [0.25, 0.3) is 0 Å². The molecule has 104 valence electrons. The molecule has 1 saturated heterocycles. The van der Waals surface area contributed by atoms with Gasteiger partial charge in [-0.2, -0.15) is 0 Å². The fourth-order valence-electron chi connectivity index (χ4n) is 2.96. The maximum Gasteiger partial charge on any atom is 0.119 e. The predicted molar refractivity (Wildman–Crippen MR) is 77.6 cm³/mol. The van der Waals surface area contributed by atoms with Crippen LogP contribution in [0.15, 0.2) is 24.3 Å². The Bertz CT molecular complexity index is 430. The van der Waals surface area contributed by atoms with E-state index in [0.717, 1.165) is 30.4 Å². The second-order valence-corrected chi connectivity index (χ2v) is 5.79. The highest BCUT2D eigenvalue weighted by atomic mass is 16.5. The third-order valence-corrected chi connectivity index (χ3v) is 4.34. The summed E-state index contributed by atoms with van der Waals surface area (Å²) < 4.78 is 5.19. The Morgan fingerprint density at radius 1 is 1.37 bits per heavy atom. The monoisotopic (exact) mass is 261 g/mol. The molecule has 0 amide bonds. The van der Waals surface area contributed by atoms with E-state index >= 15 is 0 Å². The molecule has 2 fully saturated rings. The first kappa shape index (κ1) is 12.8. The first-order valence-corrected chi connectivity index (χ1v) is 7.11. The Morgan fingerprint density at radius 2 is 2.11 bits per heavy atom. The van der Waals surface area contributed by atoms with Crippen molar-refractivity contribution in [1.82, 2.24) is 4.90 Å². The molecule has 1 atom stereocenters. The Kier molecular flexibility index (Phi) is 3.37. The van der Waals surface area contributed by atoms with Crippen molar-refractivity contribution in [3.8, 4) is 5.75 Å². The van der Waals surface area contributed by atoms with Gasteiger partial charge in [-0.1, -0.05) is 0 Å². The van der Waals surface area contributed by atoms with Crippen molar-refractivity contribution in [1.29, 1.82) is 0 Å². The van der Waals surface area contributed by atoms with E-state index in [1.54, 1.807) is 7.11 Å². The summed E-state index contributed by atoms with van der Waals surface area (Å²) in [4.78, 5) is 2.59. The van der Waals surface area contributed by atoms with Crippen molar-refractivity contribution in [3.63, 3.8) is 0 Å². The number of nitrogens with two attached hydrogens (primary N) is 1. The van der Waals surface area contributed by atoms with Crippen LogP contribution in [0, 0.1) is 0 Å². The van der Waals surface area contributed by atoms with Gasteiger partial charge in [0.1, 0.15) is 5.75 Å². The molecule has 1 aromatic rings. The van der Waals surface area contributed by atoms with Gasteiger partial charge in [0.15, 0.2) is 0 Å². The minimum atomic E-state index is 0.0389. The molecule has 0 aromatic heterocycles. The smallest absolute Gasteiger partial charge is 0.119 e. The fourth-order valence-corrected chi connectivity index (χ4v) is 2.96. The van der Waals surface area contributed by atoms with E-state index in [0.29, 0.717) is 6.54 Å². The van der Waals surface area contributed by atoms with Gasteiger partial charge in [-0.25, -0.2) is 0 Å². The highest BCUT2D eigenvalue weighted by Crippen LogP contribution is 2.34. The molecule has 1 aliphatic carbocycles. The number of hydrogen-bond acceptors (Lipinski definition) is 4. The van der Waals surface area contributed by atoms with Gasteiger partial charge in [-0.05, 0) is 43.5 Å². The highest BCUT2D eigenvalue weighted by molar-refractivity contribution is 5.49. The summed E-state index contributed by atoms with van der Waals surface area (Å²) in [5.74, 6) is 0.887. The van der Waals surface area contributed by atoms with Crippen molar-refractivity contribution >= 4 is 5.69 Å². The van der Waals surface area contributed by atoms with Crippen molar-refractivity contribution < 1.29 is 4.74 Å². The number of ether oxygens (including phenoxy) is 1. The molecule has 4 heteroatoms. The van der Waals surface area contributed by atoms with Gasteiger partial charge in [0.05, 0.1) is 12.6 Å². The minimum Gasteiger partial charge on any atom is -0.497 e. The third-order valence-electron chi connectivity index (χ3n) is 4.34. The maximum absolute atomic E-state index is 6.04. The van der Waals surface area contributed by atoms with E-state index in [4.69, 9.17) is 10.5 Å². The van der Waals surface area contributed by atoms with Gasteiger partial charge < -0.3 is 15.8 Å². The van der Waals surface area contributed by atoms with Crippen LogP contribution in [-0.2, 0) is 0 Å². The van der Waals surface area contributed by atoms with Crippen LogP contribution >= 0.6 is 0 Å². The lowest BCUT2D eigenvalue weighted by Crippen LogP contribution is -2.48. The van der Waals surface area contributed by atoms with E-state index in [1.807, 2.05) is 12.1 Å². The number of benzene rings is 1. The molecule has 1 heterocycles. The van der Waals surface area contributed by atoms with E-state index in [1.165, 1.54) is 19.4 Å². The topological polar surface area (TPSA) is 50.5 Å². The second kappa shape index (κ2) is 5.02. The van der Waals surface area contributed by atoms with Crippen LogP contribution in [0.3, 0.4) is 0 Å². The molecule has 1 aliphatic heterocycles. The standard InChI is InChI=1S/C15H23N3O/c1-19-14-6-2-12(3-7-14)17-15(10-16)8-9-18(11-15)13-4-5-13/h2-3,6-7,13,17H,4-5,8-11,16H2,1H3. The summed E-state index contributed by atoms with van der Waals surface area (Å²) >= 11 is 0. The van der Waals surface area contributed by atoms with Crippen molar-refractivity contribution in [2.75, 3.05) is 32.1 Å². The summed E-state index contributed by atoms with van der Waals surface area (Å²) in [6.07, 6.45) is 3.86. The normalized spacial score (nSPS) is 27.5. The number of hydrogen-bond donors (Lipinski definition) is 2. The number of likely N-dealkylation sites (tertiary alicyclic amines) is 1. The van der Waals surface area contributed by atoms with Crippen LogP contribution in [0.4, 0.5) is 5.69 Å². The van der Waals surface area contributed by atoms with Gasteiger partial charge in [0, 0.05) is 31.4 Å². The number of methoxy groups -OCH3 is 1. The van der Waals surface area contributed by atoms with E-state index in [9.17, 15) is 0 Å². The molecule has 0 radical (unpaired) electrons. The first-order chi connectivity index (χ1) is 9.24. The lowest BCUT2D eigenvalue weighted by Gasteiger charge is -2.30. The van der Waals surface area contributed by atoms with E-state index in [-0.39, 0.29) is 5.54 Å². The molecule has 0 spiro atoms. The van der Waals surface area contributed by atoms with Crippen LogP contribution in [0.1, 0.15) is 19.3 Å². The lowest BCUT2D eigenvalue weighted by molar-refractivity contribution is 0.309. The van der Waals surface area contributed by atoms with Gasteiger partial charge in [-0.3, -0.25) is 4.90 Å². The van der Waals surface area contributed by atoms with Crippen molar-refractivity contribution in [3.05, 3.63) is 24.3 Å². The quantitative estimate of drug-likeness (QED) is 0.846. The SMILES string of the molecule is COc1ccc(NC2(CN)CCN(C3CC3)C2)cc1. The van der Waals surface area contributed by atoms with E-state index < -0.39 is 0 Å². The van der Waals surface area contributed by atoms with Crippen LogP contribution in [-0.4, -0.2) is 43.2 Å². The Morgan fingerprint density at radius 3 is 2.68 bits per heavy atom. The molecule has 4 nitrogen and oxygen atoms in total. The van der Waals surface area contributed by atoms with Gasteiger partial charge in [-0.15, -0.1) is 0 Å². The van der Waals surface area contributed by atoms with Crippen LogP contribution in [0.2, 0.25) is 0 Å².